The minimum atomic E-state index is -0.361. The minimum Gasteiger partial charge on any atom is -0.451 e. The molecule has 3 aromatic rings. The van der Waals surface area contributed by atoms with Crippen LogP contribution in [-0.2, 0) is 6.54 Å². The van der Waals surface area contributed by atoms with Gasteiger partial charge in [-0.15, -0.1) is 0 Å². The van der Waals surface area contributed by atoms with Crippen molar-refractivity contribution < 1.29 is 13.6 Å². The van der Waals surface area contributed by atoms with Crippen LogP contribution in [0.5, 0.6) is 0 Å². The predicted octanol–water partition coefficient (Wildman–Crippen LogP) is 2.90. The van der Waals surface area contributed by atoms with E-state index >= 15 is 0 Å². The van der Waals surface area contributed by atoms with Gasteiger partial charge in [-0.3, -0.25) is 9.78 Å². The molecule has 2 heterocycles. The van der Waals surface area contributed by atoms with Crippen LogP contribution in [0.3, 0.4) is 0 Å². The zero-order valence-electron chi connectivity index (χ0n) is 10.5. The molecule has 0 radical (unpaired) electrons. The third-order valence-electron chi connectivity index (χ3n) is 2.88. The van der Waals surface area contributed by atoms with Gasteiger partial charge in [0.15, 0.2) is 5.76 Å². The van der Waals surface area contributed by atoms with E-state index in [1.165, 1.54) is 24.3 Å². The van der Waals surface area contributed by atoms with Crippen LogP contribution in [0.1, 0.15) is 16.1 Å². The number of hydrogen-bond acceptors (Lipinski definition) is 3. The molecule has 5 heteroatoms. The van der Waals surface area contributed by atoms with Crippen molar-refractivity contribution in [2.75, 3.05) is 0 Å². The van der Waals surface area contributed by atoms with Gasteiger partial charge in [-0.25, -0.2) is 4.39 Å². The van der Waals surface area contributed by atoms with E-state index in [1.54, 1.807) is 18.5 Å². The Labute approximate surface area is 114 Å². The highest BCUT2D eigenvalue weighted by molar-refractivity contribution is 5.96. The van der Waals surface area contributed by atoms with Crippen molar-refractivity contribution in [2.45, 2.75) is 6.54 Å². The van der Waals surface area contributed by atoms with Crippen LogP contribution in [0, 0.1) is 5.82 Å². The van der Waals surface area contributed by atoms with Crippen molar-refractivity contribution in [3.8, 4) is 0 Å². The molecule has 0 spiro atoms. The molecule has 20 heavy (non-hydrogen) atoms. The minimum absolute atomic E-state index is 0.162. The number of carbonyl (C=O) groups is 1. The molecule has 1 amide bonds. The highest BCUT2D eigenvalue weighted by atomic mass is 19.1. The maximum absolute atomic E-state index is 13.1. The van der Waals surface area contributed by atoms with Gasteiger partial charge in [0, 0.05) is 24.3 Å². The van der Waals surface area contributed by atoms with Crippen molar-refractivity contribution >= 4 is 16.9 Å². The molecule has 0 saturated heterocycles. The van der Waals surface area contributed by atoms with Gasteiger partial charge in [-0.2, -0.15) is 0 Å². The first-order valence-electron chi connectivity index (χ1n) is 6.08. The summed E-state index contributed by atoms with van der Waals surface area (Å²) in [5.41, 5.74) is 1.38. The molecule has 1 N–H and O–H groups in total. The Bertz CT molecular complexity index is 753. The van der Waals surface area contributed by atoms with Crippen molar-refractivity contribution in [1.82, 2.24) is 10.3 Å². The van der Waals surface area contributed by atoms with Crippen molar-refractivity contribution in [2.24, 2.45) is 0 Å². The first kappa shape index (κ1) is 12.3. The second-order valence-corrected chi connectivity index (χ2v) is 4.34. The quantitative estimate of drug-likeness (QED) is 0.796. The molecule has 1 aromatic carbocycles. The van der Waals surface area contributed by atoms with E-state index in [1.807, 2.05) is 6.07 Å². The van der Waals surface area contributed by atoms with Crippen LogP contribution in [0.4, 0.5) is 4.39 Å². The van der Waals surface area contributed by atoms with Gasteiger partial charge in [0.05, 0.1) is 0 Å². The monoisotopic (exact) mass is 270 g/mol. The second-order valence-electron chi connectivity index (χ2n) is 4.34. The van der Waals surface area contributed by atoms with E-state index in [4.69, 9.17) is 4.42 Å². The number of nitrogens with one attached hydrogen (secondary N) is 1. The summed E-state index contributed by atoms with van der Waals surface area (Å²) >= 11 is 0. The van der Waals surface area contributed by atoms with Gasteiger partial charge >= 0.3 is 0 Å². The number of halogens is 1. The Hall–Kier alpha value is -2.69. The van der Waals surface area contributed by atoms with Gasteiger partial charge in [0.25, 0.3) is 5.91 Å². The topological polar surface area (TPSA) is 55.1 Å². The molecule has 3 rings (SSSR count). The zero-order valence-corrected chi connectivity index (χ0v) is 10.5. The Morgan fingerprint density at radius 1 is 1.30 bits per heavy atom. The van der Waals surface area contributed by atoms with Gasteiger partial charge in [0.1, 0.15) is 11.4 Å². The van der Waals surface area contributed by atoms with Crippen LogP contribution in [0.25, 0.3) is 11.0 Å². The van der Waals surface area contributed by atoms with Crippen molar-refractivity contribution in [1.29, 1.82) is 0 Å². The first-order valence-corrected chi connectivity index (χ1v) is 6.08. The van der Waals surface area contributed by atoms with Crippen LogP contribution in [-0.4, -0.2) is 10.9 Å². The van der Waals surface area contributed by atoms with Crippen LogP contribution in [0.2, 0.25) is 0 Å². The summed E-state index contributed by atoms with van der Waals surface area (Å²) in [6, 6.07) is 9.31. The maximum atomic E-state index is 13.1. The molecule has 0 atom stereocenters. The molecule has 0 aliphatic carbocycles. The van der Waals surface area contributed by atoms with Gasteiger partial charge < -0.3 is 9.73 Å². The summed E-state index contributed by atoms with van der Waals surface area (Å²) < 4.78 is 18.4. The van der Waals surface area contributed by atoms with Crippen LogP contribution >= 0.6 is 0 Å². The summed E-state index contributed by atoms with van der Waals surface area (Å²) in [4.78, 5) is 15.9. The Balaban J connectivity index is 1.75. The molecule has 0 aliphatic rings. The summed E-state index contributed by atoms with van der Waals surface area (Å²) in [5.74, 6) is -0.541. The van der Waals surface area contributed by atoms with Gasteiger partial charge in [0.2, 0.25) is 0 Å². The first-order chi connectivity index (χ1) is 9.72. The zero-order chi connectivity index (χ0) is 13.9. The molecule has 0 fully saturated rings. The number of furan rings is 1. The fraction of sp³-hybridized carbons (Fsp3) is 0.0667. The molecule has 0 bridgehead atoms. The number of nitrogens with zero attached hydrogens (tertiary/aromatic N) is 1. The SMILES string of the molecule is O=C(NCc1cccnc1)c1cc2cc(F)ccc2o1. The number of amides is 1. The second kappa shape index (κ2) is 5.13. The number of hydrogen-bond donors (Lipinski definition) is 1. The summed E-state index contributed by atoms with van der Waals surface area (Å²) in [7, 11) is 0. The molecule has 4 nitrogen and oxygen atoms in total. The standard InChI is InChI=1S/C15H11FN2O2/c16-12-3-4-13-11(6-12)7-14(20-13)15(19)18-9-10-2-1-5-17-8-10/h1-8H,9H2,(H,18,19). The fourth-order valence-electron chi connectivity index (χ4n) is 1.90. The number of rotatable bonds is 3. The molecular weight excluding hydrogens is 259 g/mol. The van der Waals surface area contributed by atoms with Crippen molar-refractivity contribution in [3.63, 3.8) is 0 Å². The van der Waals surface area contributed by atoms with Crippen LogP contribution < -0.4 is 5.32 Å². The van der Waals surface area contributed by atoms with E-state index in [-0.39, 0.29) is 17.5 Å². The number of aromatic nitrogens is 1. The molecule has 0 unspecified atom stereocenters. The number of pyridine rings is 1. The number of fused-ring (bicyclic) bond motifs is 1. The third-order valence-corrected chi connectivity index (χ3v) is 2.88. The average molecular weight is 270 g/mol. The lowest BCUT2D eigenvalue weighted by Gasteiger charge is -2.02. The predicted molar refractivity (Wildman–Crippen MR) is 71.6 cm³/mol. The molecular formula is C15H11FN2O2. The smallest absolute Gasteiger partial charge is 0.287 e. The maximum Gasteiger partial charge on any atom is 0.287 e. The third kappa shape index (κ3) is 2.51. The normalized spacial score (nSPS) is 10.7. The summed E-state index contributed by atoms with van der Waals surface area (Å²) in [6.45, 7) is 0.359. The lowest BCUT2D eigenvalue weighted by Crippen LogP contribution is -2.22. The van der Waals surface area contributed by atoms with Gasteiger partial charge in [-0.05, 0) is 35.9 Å². The molecule has 2 aromatic heterocycles. The summed E-state index contributed by atoms with van der Waals surface area (Å²) in [5, 5.41) is 3.29. The van der Waals surface area contributed by atoms with E-state index < -0.39 is 0 Å². The molecule has 0 aliphatic heterocycles. The van der Waals surface area contributed by atoms with E-state index in [9.17, 15) is 9.18 Å². The lowest BCUT2D eigenvalue weighted by molar-refractivity contribution is 0.0925. The Morgan fingerprint density at radius 3 is 3.00 bits per heavy atom. The average Bonchev–Trinajstić information content (AvgIpc) is 2.89. The van der Waals surface area contributed by atoms with E-state index in [0.717, 1.165) is 5.56 Å². The van der Waals surface area contributed by atoms with E-state index in [0.29, 0.717) is 17.5 Å². The van der Waals surface area contributed by atoms with Gasteiger partial charge in [-0.1, -0.05) is 6.07 Å². The number of benzene rings is 1. The van der Waals surface area contributed by atoms with E-state index in [2.05, 4.69) is 10.3 Å². The highest BCUT2D eigenvalue weighted by Gasteiger charge is 2.12. The molecule has 0 saturated carbocycles. The molecule has 100 valence electrons. The van der Waals surface area contributed by atoms with Crippen LogP contribution in [0.15, 0.2) is 53.2 Å². The highest BCUT2D eigenvalue weighted by Crippen LogP contribution is 2.20. The number of carbonyl (C=O) groups excluding carboxylic acids is 1. The largest absolute Gasteiger partial charge is 0.451 e. The Kier molecular flexibility index (Phi) is 3.16. The van der Waals surface area contributed by atoms with Crippen molar-refractivity contribution in [3.05, 3.63) is 65.9 Å². The fourth-order valence-corrected chi connectivity index (χ4v) is 1.90. The summed E-state index contributed by atoms with van der Waals surface area (Å²) in [6.07, 6.45) is 3.34. The Morgan fingerprint density at radius 2 is 2.20 bits per heavy atom. The lowest BCUT2D eigenvalue weighted by atomic mass is 10.2.